The predicted molar refractivity (Wildman–Crippen MR) is 97.0 cm³/mol. The molecular formula is C16H15ClN4O2S. The summed E-state index contributed by atoms with van der Waals surface area (Å²) in [5.74, 6) is 0.741. The zero-order chi connectivity index (χ0) is 17.1. The Bertz CT molecular complexity index is 982. The molecule has 124 valence electrons. The van der Waals surface area contributed by atoms with Gasteiger partial charge in [-0.2, -0.15) is 11.8 Å². The van der Waals surface area contributed by atoms with Crippen LogP contribution >= 0.6 is 23.4 Å². The molecule has 0 bridgehead atoms. The van der Waals surface area contributed by atoms with E-state index in [0.717, 1.165) is 11.3 Å². The molecule has 0 unspecified atom stereocenters. The van der Waals surface area contributed by atoms with Crippen molar-refractivity contribution in [2.75, 3.05) is 12.0 Å². The van der Waals surface area contributed by atoms with Gasteiger partial charge in [-0.05, 0) is 24.0 Å². The maximum absolute atomic E-state index is 12.8. The van der Waals surface area contributed by atoms with E-state index in [4.69, 9.17) is 11.6 Å². The molecule has 2 heterocycles. The molecule has 0 fully saturated rings. The lowest BCUT2D eigenvalue weighted by atomic mass is 10.2. The molecule has 2 aromatic heterocycles. The maximum Gasteiger partial charge on any atom is 0.333 e. The van der Waals surface area contributed by atoms with Crippen LogP contribution in [0.5, 0.6) is 0 Å². The van der Waals surface area contributed by atoms with Crippen molar-refractivity contribution in [3.8, 4) is 0 Å². The van der Waals surface area contributed by atoms with Crippen LogP contribution in [0.4, 0.5) is 0 Å². The molecule has 0 amide bonds. The first-order valence-corrected chi connectivity index (χ1v) is 9.06. The SMILES string of the molecule is CSCCn1c(=O)n(Cc2ccc(Cl)cc2)c(=O)c2nccnc21. The van der Waals surface area contributed by atoms with E-state index in [-0.39, 0.29) is 17.8 Å². The number of nitrogens with zero attached hydrogens (tertiary/aromatic N) is 4. The summed E-state index contributed by atoms with van der Waals surface area (Å²) in [7, 11) is 0. The van der Waals surface area contributed by atoms with Crippen LogP contribution in [0.3, 0.4) is 0 Å². The number of halogens is 1. The van der Waals surface area contributed by atoms with E-state index in [1.807, 2.05) is 6.26 Å². The second kappa shape index (κ2) is 7.19. The minimum absolute atomic E-state index is 0.167. The van der Waals surface area contributed by atoms with Crippen LogP contribution in [0, 0.1) is 0 Å². The first kappa shape index (κ1) is 16.7. The third kappa shape index (κ3) is 3.22. The van der Waals surface area contributed by atoms with E-state index in [0.29, 0.717) is 17.2 Å². The van der Waals surface area contributed by atoms with E-state index >= 15 is 0 Å². The third-order valence-electron chi connectivity index (χ3n) is 3.62. The normalized spacial score (nSPS) is 11.1. The monoisotopic (exact) mass is 362 g/mol. The summed E-state index contributed by atoms with van der Waals surface area (Å²) in [6, 6.07) is 7.05. The van der Waals surface area contributed by atoms with Crippen LogP contribution in [0.15, 0.2) is 46.2 Å². The van der Waals surface area contributed by atoms with Crippen LogP contribution in [0.2, 0.25) is 5.02 Å². The minimum Gasteiger partial charge on any atom is -0.275 e. The average molecular weight is 363 g/mol. The van der Waals surface area contributed by atoms with Crippen LogP contribution in [0.25, 0.3) is 11.2 Å². The second-order valence-corrected chi connectivity index (χ2v) is 6.60. The Morgan fingerprint density at radius 2 is 1.79 bits per heavy atom. The largest absolute Gasteiger partial charge is 0.333 e. The Kier molecular flexibility index (Phi) is 5.01. The van der Waals surface area contributed by atoms with Crippen molar-refractivity contribution in [1.29, 1.82) is 0 Å². The maximum atomic E-state index is 12.8. The smallest absolute Gasteiger partial charge is 0.275 e. The topological polar surface area (TPSA) is 69.8 Å². The Balaban J connectivity index is 2.18. The second-order valence-electron chi connectivity index (χ2n) is 5.17. The highest BCUT2D eigenvalue weighted by Crippen LogP contribution is 2.10. The fraction of sp³-hybridized carbons (Fsp3) is 0.250. The molecule has 0 aliphatic heterocycles. The molecule has 0 saturated heterocycles. The molecule has 0 aliphatic rings. The van der Waals surface area contributed by atoms with Crippen LogP contribution in [-0.4, -0.2) is 31.1 Å². The van der Waals surface area contributed by atoms with Crippen molar-refractivity contribution in [2.24, 2.45) is 0 Å². The third-order valence-corrected chi connectivity index (χ3v) is 4.46. The number of thioether (sulfide) groups is 1. The molecule has 0 aliphatic carbocycles. The molecule has 1 aromatic carbocycles. The fourth-order valence-electron chi connectivity index (χ4n) is 2.43. The van der Waals surface area contributed by atoms with Gasteiger partial charge in [0.1, 0.15) is 0 Å². The van der Waals surface area contributed by atoms with Gasteiger partial charge in [0.05, 0.1) is 6.54 Å². The molecule has 6 nitrogen and oxygen atoms in total. The van der Waals surface area contributed by atoms with Gasteiger partial charge in [0.2, 0.25) is 0 Å². The fourth-order valence-corrected chi connectivity index (χ4v) is 2.92. The number of fused-ring (bicyclic) bond motifs is 1. The quantitative estimate of drug-likeness (QED) is 0.694. The van der Waals surface area contributed by atoms with Gasteiger partial charge in [-0.3, -0.25) is 13.9 Å². The van der Waals surface area contributed by atoms with E-state index in [9.17, 15) is 9.59 Å². The number of hydrogen-bond donors (Lipinski definition) is 0. The van der Waals surface area contributed by atoms with E-state index in [2.05, 4.69) is 9.97 Å². The van der Waals surface area contributed by atoms with Crippen molar-refractivity contribution in [2.45, 2.75) is 13.1 Å². The molecule has 0 saturated carbocycles. The van der Waals surface area contributed by atoms with Crippen molar-refractivity contribution in [3.05, 3.63) is 68.1 Å². The minimum atomic E-state index is -0.432. The van der Waals surface area contributed by atoms with Crippen molar-refractivity contribution in [3.63, 3.8) is 0 Å². The number of hydrogen-bond acceptors (Lipinski definition) is 5. The number of rotatable bonds is 5. The summed E-state index contributed by atoms with van der Waals surface area (Å²) in [6.07, 6.45) is 4.91. The predicted octanol–water partition coefficient (Wildman–Crippen LogP) is 2.02. The Morgan fingerprint density at radius 1 is 1.08 bits per heavy atom. The van der Waals surface area contributed by atoms with Crippen LogP contribution in [0.1, 0.15) is 5.56 Å². The summed E-state index contributed by atoms with van der Waals surface area (Å²) in [4.78, 5) is 33.8. The zero-order valence-corrected chi connectivity index (χ0v) is 14.5. The standard InChI is InChI=1S/C16H15ClN4O2S/c1-24-9-8-20-14-13(18-6-7-19-14)15(22)21(16(20)23)10-11-2-4-12(17)5-3-11/h2-7H,8-10H2,1H3. The van der Waals surface area contributed by atoms with Gasteiger partial charge in [0, 0.05) is 29.7 Å². The number of aryl methyl sites for hydroxylation is 1. The molecule has 24 heavy (non-hydrogen) atoms. The number of aromatic nitrogens is 4. The molecule has 3 rings (SSSR count). The molecule has 8 heteroatoms. The number of benzene rings is 1. The van der Waals surface area contributed by atoms with Crippen molar-refractivity contribution >= 4 is 34.5 Å². The van der Waals surface area contributed by atoms with E-state index in [1.54, 1.807) is 36.0 Å². The highest BCUT2D eigenvalue weighted by atomic mass is 35.5. The molecule has 0 N–H and O–H groups in total. The Morgan fingerprint density at radius 3 is 2.50 bits per heavy atom. The Labute approximate surface area is 147 Å². The van der Waals surface area contributed by atoms with Crippen molar-refractivity contribution < 1.29 is 0 Å². The Hall–Kier alpha value is -2.12. The lowest BCUT2D eigenvalue weighted by Gasteiger charge is -2.12. The average Bonchev–Trinajstić information content (AvgIpc) is 2.60. The van der Waals surface area contributed by atoms with Gasteiger partial charge in [-0.25, -0.2) is 14.8 Å². The molecule has 0 spiro atoms. The summed E-state index contributed by atoms with van der Waals surface area (Å²) in [5.41, 5.74) is 0.537. The first-order valence-electron chi connectivity index (χ1n) is 7.29. The van der Waals surface area contributed by atoms with E-state index < -0.39 is 5.56 Å². The molecule has 3 aromatic rings. The van der Waals surface area contributed by atoms with Gasteiger partial charge in [-0.15, -0.1) is 0 Å². The summed E-state index contributed by atoms with van der Waals surface area (Å²) < 4.78 is 2.71. The zero-order valence-electron chi connectivity index (χ0n) is 13.0. The van der Waals surface area contributed by atoms with Gasteiger partial charge in [-0.1, -0.05) is 23.7 Å². The summed E-state index contributed by atoms with van der Waals surface area (Å²) >= 11 is 7.50. The van der Waals surface area contributed by atoms with Gasteiger partial charge in [0.15, 0.2) is 11.2 Å². The van der Waals surface area contributed by atoms with Gasteiger partial charge in [0.25, 0.3) is 5.56 Å². The summed E-state index contributed by atoms with van der Waals surface area (Å²) in [6.45, 7) is 0.636. The lowest BCUT2D eigenvalue weighted by molar-refractivity contribution is 0.620. The first-order chi connectivity index (χ1) is 11.6. The van der Waals surface area contributed by atoms with Crippen LogP contribution in [-0.2, 0) is 13.1 Å². The molecule has 0 atom stereocenters. The highest BCUT2D eigenvalue weighted by Gasteiger charge is 2.15. The van der Waals surface area contributed by atoms with Crippen LogP contribution < -0.4 is 11.2 Å². The molecule has 0 radical (unpaired) electrons. The lowest BCUT2D eigenvalue weighted by Crippen LogP contribution is -2.41. The molecular weight excluding hydrogens is 348 g/mol. The van der Waals surface area contributed by atoms with Gasteiger partial charge >= 0.3 is 5.69 Å². The highest BCUT2D eigenvalue weighted by molar-refractivity contribution is 7.98. The summed E-state index contributed by atoms with van der Waals surface area (Å²) in [5, 5.41) is 0.604. The van der Waals surface area contributed by atoms with E-state index in [1.165, 1.54) is 21.5 Å². The van der Waals surface area contributed by atoms with Gasteiger partial charge < -0.3 is 0 Å². The van der Waals surface area contributed by atoms with Crippen molar-refractivity contribution in [1.82, 2.24) is 19.1 Å².